The summed E-state index contributed by atoms with van der Waals surface area (Å²) in [6.45, 7) is 7.17. The molecule has 3 rings (SSSR count). The molecule has 11 nitrogen and oxygen atoms in total. The van der Waals surface area contributed by atoms with Crippen molar-refractivity contribution in [2.75, 3.05) is 0 Å². The number of phenolic OH excluding ortho intramolecular Hbond substituents is 1. The molecule has 0 aliphatic rings. The van der Waals surface area contributed by atoms with Gasteiger partial charge in [-0.15, -0.1) is 0 Å². The van der Waals surface area contributed by atoms with E-state index in [0.29, 0.717) is 6.42 Å². The van der Waals surface area contributed by atoms with Gasteiger partial charge in [0.2, 0.25) is 17.7 Å². The Morgan fingerprint density at radius 2 is 1.48 bits per heavy atom. The zero-order valence-corrected chi connectivity index (χ0v) is 24.4. The quantitative estimate of drug-likeness (QED) is 0.152. The highest BCUT2D eigenvalue weighted by molar-refractivity contribution is 5.94. The smallest absolute Gasteiger partial charge is 0.326 e. The van der Waals surface area contributed by atoms with Crippen LogP contribution in [0.3, 0.4) is 0 Å². The first-order chi connectivity index (χ1) is 19.9. The Labute approximate surface area is 245 Å². The maximum Gasteiger partial charge on any atom is 0.326 e. The lowest BCUT2D eigenvalue weighted by molar-refractivity contribution is -0.142. The highest BCUT2D eigenvalue weighted by Gasteiger charge is 2.34. The molecule has 1 aromatic heterocycles. The van der Waals surface area contributed by atoms with Crippen LogP contribution in [0.4, 0.5) is 0 Å². The van der Waals surface area contributed by atoms with Gasteiger partial charge >= 0.3 is 5.97 Å². The lowest BCUT2D eigenvalue weighted by atomic mass is 9.95. The van der Waals surface area contributed by atoms with E-state index in [4.69, 9.17) is 5.73 Å². The van der Waals surface area contributed by atoms with Gasteiger partial charge in [0.1, 0.15) is 23.9 Å². The third-order valence-electron chi connectivity index (χ3n) is 7.48. The third-order valence-corrected chi connectivity index (χ3v) is 7.48. The van der Waals surface area contributed by atoms with Crippen LogP contribution in [0.5, 0.6) is 5.75 Å². The molecule has 3 aromatic rings. The van der Waals surface area contributed by atoms with Crippen molar-refractivity contribution in [2.24, 2.45) is 17.6 Å². The van der Waals surface area contributed by atoms with Gasteiger partial charge in [0, 0.05) is 23.5 Å². The summed E-state index contributed by atoms with van der Waals surface area (Å²) < 4.78 is 0. The third kappa shape index (κ3) is 8.32. The van der Waals surface area contributed by atoms with Crippen molar-refractivity contribution < 1.29 is 29.4 Å². The van der Waals surface area contributed by atoms with Crippen LogP contribution in [0.1, 0.15) is 45.2 Å². The summed E-state index contributed by atoms with van der Waals surface area (Å²) in [5, 5.41) is 28.3. The molecule has 0 aliphatic heterocycles. The Balaban J connectivity index is 1.70. The molecule has 0 fully saturated rings. The molecule has 8 N–H and O–H groups in total. The fourth-order valence-electron chi connectivity index (χ4n) is 4.70. The van der Waals surface area contributed by atoms with E-state index < -0.39 is 47.9 Å². The number of phenols is 1. The lowest BCUT2D eigenvalue weighted by Crippen LogP contribution is -2.60. The highest BCUT2D eigenvalue weighted by atomic mass is 16.4. The molecule has 0 spiro atoms. The zero-order valence-electron chi connectivity index (χ0n) is 24.4. The van der Waals surface area contributed by atoms with E-state index in [9.17, 15) is 29.4 Å². The first-order valence-electron chi connectivity index (χ1n) is 14.1. The number of aromatic hydroxyl groups is 1. The maximum atomic E-state index is 13.4. The van der Waals surface area contributed by atoms with Crippen molar-refractivity contribution in [3.05, 3.63) is 65.9 Å². The van der Waals surface area contributed by atoms with Crippen molar-refractivity contribution in [1.82, 2.24) is 20.9 Å². The molecular formula is C31H41N5O6. The molecule has 1 heterocycles. The number of carbonyl (C=O) groups excluding carboxylic acids is 3. The minimum Gasteiger partial charge on any atom is -0.508 e. The summed E-state index contributed by atoms with van der Waals surface area (Å²) in [5.41, 5.74) is 8.45. The number of aromatic amines is 1. The number of amides is 3. The van der Waals surface area contributed by atoms with Gasteiger partial charge in [0.05, 0.1) is 6.04 Å². The molecular weight excluding hydrogens is 538 g/mol. The number of hydrogen-bond donors (Lipinski definition) is 7. The van der Waals surface area contributed by atoms with Gasteiger partial charge in [-0.1, -0.05) is 64.4 Å². The van der Waals surface area contributed by atoms with Gasteiger partial charge in [-0.05, 0) is 47.6 Å². The minimum absolute atomic E-state index is 0.0514. The van der Waals surface area contributed by atoms with E-state index in [-0.39, 0.29) is 30.4 Å². The topological polar surface area (TPSA) is 187 Å². The van der Waals surface area contributed by atoms with Gasteiger partial charge in [0.15, 0.2) is 0 Å². The fourth-order valence-corrected chi connectivity index (χ4v) is 4.70. The van der Waals surface area contributed by atoms with Crippen molar-refractivity contribution in [3.63, 3.8) is 0 Å². The van der Waals surface area contributed by atoms with Crippen LogP contribution in [0.2, 0.25) is 0 Å². The number of carbonyl (C=O) groups is 4. The average Bonchev–Trinajstić information content (AvgIpc) is 3.37. The molecule has 5 unspecified atom stereocenters. The number of aromatic nitrogens is 1. The minimum atomic E-state index is -1.22. The second kappa shape index (κ2) is 14.5. The van der Waals surface area contributed by atoms with Crippen LogP contribution in [0, 0.1) is 11.8 Å². The van der Waals surface area contributed by atoms with Gasteiger partial charge < -0.3 is 36.9 Å². The van der Waals surface area contributed by atoms with Crippen molar-refractivity contribution in [2.45, 2.75) is 71.1 Å². The number of carboxylic acid groups (broad SMARTS) is 1. The number of nitrogens with two attached hydrogens (primary N) is 1. The Hall–Kier alpha value is -4.38. The Morgan fingerprint density at radius 3 is 2.10 bits per heavy atom. The number of carboxylic acids is 1. The molecule has 3 amide bonds. The Bertz CT molecular complexity index is 1390. The largest absolute Gasteiger partial charge is 0.508 e. The van der Waals surface area contributed by atoms with Gasteiger partial charge in [-0.2, -0.15) is 0 Å². The van der Waals surface area contributed by atoms with E-state index in [1.54, 1.807) is 39.1 Å². The van der Waals surface area contributed by atoms with Crippen molar-refractivity contribution in [1.29, 1.82) is 0 Å². The van der Waals surface area contributed by atoms with Crippen LogP contribution in [0.15, 0.2) is 54.7 Å². The fraction of sp³-hybridized carbons (Fsp3) is 0.419. The molecule has 0 saturated heterocycles. The van der Waals surface area contributed by atoms with Crippen LogP contribution >= 0.6 is 0 Å². The van der Waals surface area contributed by atoms with Gasteiger partial charge in [-0.3, -0.25) is 14.4 Å². The van der Waals surface area contributed by atoms with Gasteiger partial charge in [-0.25, -0.2) is 4.79 Å². The molecule has 2 aromatic carbocycles. The first-order valence-corrected chi connectivity index (χ1v) is 14.1. The zero-order chi connectivity index (χ0) is 31.0. The molecule has 0 radical (unpaired) electrons. The SMILES string of the molecule is CCC(C)C(NC(=O)C(NC(=O)C(N)Cc1ccc(O)cc1)C(C)C)C(=O)NC(Cc1c[nH]c2ccccc12)C(=O)O. The predicted molar refractivity (Wildman–Crippen MR) is 160 cm³/mol. The predicted octanol–water partition coefficient (Wildman–Crippen LogP) is 2.23. The average molecular weight is 580 g/mol. The second-order valence-corrected chi connectivity index (χ2v) is 11.0. The normalized spacial score (nSPS) is 14.9. The Morgan fingerprint density at radius 1 is 0.857 bits per heavy atom. The van der Waals surface area contributed by atoms with Crippen LogP contribution in [-0.2, 0) is 32.0 Å². The number of para-hydroxylation sites is 1. The van der Waals surface area contributed by atoms with E-state index in [1.807, 2.05) is 31.2 Å². The van der Waals surface area contributed by atoms with Crippen LogP contribution < -0.4 is 21.7 Å². The van der Waals surface area contributed by atoms with E-state index in [0.717, 1.165) is 22.0 Å². The van der Waals surface area contributed by atoms with E-state index in [1.165, 1.54) is 12.1 Å². The molecule has 0 saturated carbocycles. The molecule has 226 valence electrons. The van der Waals surface area contributed by atoms with Crippen LogP contribution in [-0.4, -0.2) is 63.1 Å². The molecule has 0 aliphatic carbocycles. The highest BCUT2D eigenvalue weighted by Crippen LogP contribution is 2.20. The number of H-pyrrole nitrogens is 1. The summed E-state index contributed by atoms with van der Waals surface area (Å²) >= 11 is 0. The number of hydrogen-bond acceptors (Lipinski definition) is 6. The second-order valence-electron chi connectivity index (χ2n) is 11.0. The molecule has 42 heavy (non-hydrogen) atoms. The number of aliphatic carboxylic acids is 1. The molecule has 5 atom stereocenters. The van der Waals surface area contributed by atoms with Crippen molar-refractivity contribution in [3.8, 4) is 5.75 Å². The number of benzene rings is 2. The summed E-state index contributed by atoms with van der Waals surface area (Å²) in [6, 6.07) is 9.62. The summed E-state index contributed by atoms with van der Waals surface area (Å²) in [6.07, 6.45) is 2.51. The van der Waals surface area contributed by atoms with E-state index >= 15 is 0 Å². The maximum absolute atomic E-state index is 13.4. The summed E-state index contributed by atoms with van der Waals surface area (Å²) in [7, 11) is 0. The molecule has 0 bridgehead atoms. The number of fused-ring (bicyclic) bond motifs is 1. The standard InChI is InChI=1S/C31H41N5O6/c1-5-18(4)27(30(40)34-25(31(41)42)15-20-16-33-24-9-7-6-8-22(20)24)36-29(39)26(17(2)3)35-28(38)23(32)14-19-10-12-21(37)13-11-19/h6-13,16-18,23,25-27,33,37H,5,14-15,32H2,1-4H3,(H,34,40)(H,35,38)(H,36,39)(H,41,42). The summed E-state index contributed by atoms with van der Waals surface area (Å²) in [4.78, 5) is 54.9. The molecule has 11 heteroatoms. The monoisotopic (exact) mass is 579 g/mol. The van der Waals surface area contributed by atoms with E-state index in [2.05, 4.69) is 20.9 Å². The lowest BCUT2D eigenvalue weighted by Gasteiger charge is -2.29. The van der Waals surface area contributed by atoms with Gasteiger partial charge in [0.25, 0.3) is 0 Å². The summed E-state index contributed by atoms with van der Waals surface area (Å²) in [5.74, 6) is -3.48. The van der Waals surface area contributed by atoms with Crippen LogP contribution in [0.25, 0.3) is 10.9 Å². The first kappa shape index (κ1) is 32.1. The number of rotatable bonds is 14. The van der Waals surface area contributed by atoms with Crippen molar-refractivity contribution >= 4 is 34.6 Å². The Kier molecular flexibility index (Phi) is 11.1. The number of nitrogens with one attached hydrogen (secondary N) is 4.